The fraction of sp³-hybridized carbons (Fsp3) is 0.467. The number of pyridine rings is 1. The average Bonchev–Trinajstić information content (AvgIpc) is 3.21. The van der Waals surface area contributed by atoms with Gasteiger partial charge in [0.1, 0.15) is 9.71 Å². The van der Waals surface area contributed by atoms with Gasteiger partial charge in [-0.25, -0.2) is 4.98 Å². The van der Waals surface area contributed by atoms with Crippen LogP contribution < -0.4 is 5.73 Å². The summed E-state index contributed by atoms with van der Waals surface area (Å²) in [6.45, 7) is 3.77. The maximum absolute atomic E-state index is 12.7. The topological polar surface area (TPSA) is 59.2 Å². The highest BCUT2D eigenvalue weighted by Crippen LogP contribution is 2.34. The third-order valence-electron chi connectivity index (χ3n) is 3.66. The van der Waals surface area contributed by atoms with E-state index in [9.17, 15) is 4.79 Å². The molecule has 0 aliphatic heterocycles. The minimum Gasteiger partial charge on any atom is -0.397 e. The molecule has 2 aromatic rings. The molecule has 3 rings (SSSR count). The van der Waals surface area contributed by atoms with Gasteiger partial charge in [0.05, 0.1) is 5.69 Å². The molecule has 5 heteroatoms. The van der Waals surface area contributed by atoms with Crippen molar-refractivity contribution in [3.05, 3.63) is 23.2 Å². The van der Waals surface area contributed by atoms with Crippen LogP contribution in [0.25, 0.3) is 10.2 Å². The van der Waals surface area contributed by atoms with Crippen molar-refractivity contribution in [1.82, 2.24) is 9.88 Å². The van der Waals surface area contributed by atoms with Gasteiger partial charge in [0, 0.05) is 24.7 Å². The molecule has 1 saturated carbocycles. The number of carbonyl (C=O) groups is 1. The van der Waals surface area contributed by atoms with E-state index < -0.39 is 0 Å². The van der Waals surface area contributed by atoms with Crippen LogP contribution in [0.3, 0.4) is 0 Å². The van der Waals surface area contributed by atoms with Crippen molar-refractivity contribution in [3.63, 3.8) is 0 Å². The van der Waals surface area contributed by atoms with Crippen molar-refractivity contribution < 1.29 is 4.79 Å². The van der Waals surface area contributed by atoms with Crippen LogP contribution in [0.1, 0.15) is 35.9 Å². The molecule has 1 fully saturated rings. The number of nitrogens with two attached hydrogens (primary N) is 1. The maximum Gasteiger partial charge on any atom is 0.266 e. The lowest BCUT2D eigenvalue weighted by molar-refractivity contribution is 0.0753. The van der Waals surface area contributed by atoms with Crippen LogP contribution in [-0.2, 0) is 0 Å². The molecule has 0 spiro atoms. The van der Waals surface area contributed by atoms with E-state index in [1.165, 1.54) is 24.2 Å². The van der Waals surface area contributed by atoms with Gasteiger partial charge in [0.25, 0.3) is 5.91 Å². The average molecular weight is 289 g/mol. The lowest BCUT2D eigenvalue weighted by atomic mass is 10.2. The monoisotopic (exact) mass is 289 g/mol. The van der Waals surface area contributed by atoms with Crippen molar-refractivity contribution in [3.8, 4) is 0 Å². The molecule has 1 aliphatic carbocycles. The summed E-state index contributed by atoms with van der Waals surface area (Å²) >= 11 is 1.41. The zero-order valence-corrected chi connectivity index (χ0v) is 12.4. The summed E-state index contributed by atoms with van der Waals surface area (Å²) in [5, 5.41) is 0.892. The molecule has 2 aromatic heterocycles. The number of carbonyl (C=O) groups excluding carboxylic acids is 1. The van der Waals surface area contributed by atoms with Crippen molar-refractivity contribution in [2.45, 2.75) is 26.2 Å². The van der Waals surface area contributed by atoms with Gasteiger partial charge in [-0.1, -0.05) is 6.92 Å². The summed E-state index contributed by atoms with van der Waals surface area (Å²) in [7, 11) is 0. The maximum atomic E-state index is 12.7. The number of amides is 1. The third kappa shape index (κ3) is 2.50. The molecule has 106 valence electrons. The molecule has 1 amide bonds. The number of rotatable bonds is 5. The van der Waals surface area contributed by atoms with Crippen molar-refractivity contribution in [1.29, 1.82) is 0 Å². The molecule has 0 bridgehead atoms. The highest BCUT2D eigenvalue weighted by Gasteiger charge is 2.28. The number of hydrogen-bond acceptors (Lipinski definition) is 4. The molecule has 0 atom stereocenters. The Morgan fingerprint density at radius 2 is 2.35 bits per heavy atom. The largest absolute Gasteiger partial charge is 0.397 e. The molecule has 2 N–H and O–H groups in total. The van der Waals surface area contributed by atoms with Gasteiger partial charge < -0.3 is 10.6 Å². The molecule has 1 aliphatic rings. The van der Waals surface area contributed by atoms with Crippen LogP contribution in [-0.4, -0.2) is 28.9 Å². The van der Waals surface area contributed by atoms with E-state index in [0.29, 0.717) is 16.5 Å². The summed E-state index contributed by atoms with van der Waals surface area (Å²) in [6.07, 6.45) is 5.20. The Balaban J connectivity index is 1.91. The van der Waals surface area contributed by atoms with Crippen LogP contribution in [0.2, 0.25) is 0 Å². The van der Waals surface area contributed by atoms with Crippen LogP contribution in [0.15, 0.2) is 18.3 Å². The van der Waals surface area contributed by atoms with E-state index in [-0.39, 0.29) is 5.91 Å². The predicted octanol–water partition coefficient (Wildman–Crippen LogP) is 3.14. The van der Waals surface area contributed by atoms with Gasteiger partial charge >= 0.3 is 0 Å². The molecule has 20 heavy (non-hydrogen) atoms. The summed E-state index contributed by atoms with van der Waals surface area (Å²) < 4.78 is 0. The van der Waals surface area contributed by atoms with E-state index in [1.54, 1.807) is 6.20 Å². The zero-order chi connectivity index (χ0) is 14.1. The Labute approximate surface area is 122 Å². The lowest BCUT2D eigenvalue weighted by Gasteiger charge is -2.21. The standard InChI is InChI=1S/C15H19N3OS/c1-2-8-18(9-10-5-6-10)15(19)13-12(16)11-4-3-7-17-14(11)20-13/h3-4,7,10H,2,5-6,8-9,16H2,1H3. The number of hydrogen-bond donors (Lipinski definition) is 1. The Bertz CT molecular complexity index is 633. The summed E-state index contributed by atoms with van der Waals surface area (Å²) in [5.41, 5.74) is 6.73. The minimum atomic E-state index is 0.0688. The first-order valence-electron chi connectivity index (χ1n) is 7.13. The van der Waals surface area contributed by atoms with Gasteiger partial charge in [-0.05, 0) is 37.3 Å². The Morgan fingerprint density at radius 1 is 1.55 bits per heavy atom. The number of aromatic nitrogens is 1. The second-order valence-electron chi connectivity index (χ2n) is 5.40. The van der Waals surface area contributed by atoms with Crippen LogP contribution >= 0.6 is 11.3 Å². The molecule has 0 saturated heterocycles. The van der Waals surface area contributed by atoms with Gasteiger partial charge in [-0.3, -0.25) is 4.79 Å². The van der Waals surface area contributed by atoms with Crippen LogP contribution in [0, 0.1) is 5.92 Å². The van der Waals surface area contributed by atoms with E-state index in [0.717, 1.165) is 29.7 Å². The first kappa shape index (κ1) is 13.4. The predicted molar refractivity (Wildman–Crippen MR) is 83.0 cm³/mol. The second-order valence-corrected chi connectivity index (χ2v) is 6.39. The van der Waals surface area contributed by atoms with Gasteiger partial charge in [-0.15, -0.1) is 11.3 Å². The smallest absolute Gasteiger partial charge is 0.266 e. The summed E-state index contributed by atoms with van der Waals surface area (Å²) in [6, 6.07) is 3.78. The van der Waals surface area contributed by atoms with E-state index in [1.807, 2.05) is 17.0 Å². The number of nitrogen functional groups attached to an aromatic ring is 1. The molecule has 0 unspecified atom stereocenters. The van der Waals surface area contributed by atoms with Gasteiger partial charge in [-0.2, -0.15) is 0 Å². The quantitative estimate of drug-likeness (QED) is 0.920. The Hall–Kier alpha value is -1.62. The van der Waals surface area contributed by atoms with Crippen molar-refractivity contribution in [2.24, 2.45) is 5.92 Å². The molecular weight excluding hydrogens is 270 g/mol. The molecule has 0 aromatic carbocycles. The summed E-state index contributed by atoms with van der Waals surface area (Å²) in [4.78, 5) is 20.5. The second kappa shape index (κ2) is 5.40. The minimum absolute atomic E-state index is 0.0688. The number of fused-ring (bicyclic) bond motifs is 1. The van der Waals surface area contributed by atoms with E-state index in [2.05, 4.69) is 11.9 Å². The Morgan fingerprint density at radius 3 is 3.00 bits per heavy atom. The molecular formula is C15H19N3OS. The fourth-order valence-corrected chi connectivity index (χ4v) is 3.44. The first-order valence-corrected chi connectivity index (χ1v) is 7.94. The first-order chi connectivity index (χ1) is 9.70. The molecule has 4 nitrogen and oxygen atoms in total. The van der Waals surface area contributed by atoms with Gasteiger partial charge in [0.15, 0.2) is 0 Å². The fourth-order valence-electron chi connectivity index (χ4n) is 2.41. The number of thiophene rings is 1. The SMILES string of the molecule is CCCN(CC1CC1)C(=O)c1sc2ncccc2c1N. The highest BCUT2D eigenvalue weighted by atomic mass is 32.1. The number of anilines is 1. The van der Waals surface area contributed by atoms with Crippen LogP contribution in [0.4, 0.5) is 5.69 Å². The molecule has 2 heterocycles. The zero-order valence-electron chi connectivity index (χ0n) is 11.6. The van der Waals surface area contributed by atoms with Crippen molar-refractivity contribution in [2.75, 3.05) is 18.8 Å². The third-order valence-corrected chi connectivity index (χ3v) is 4.77. The highest BCUT2D eigenvalue weighted by molar-refractivity contribution is 7.21. The van der Waals surface area contributed by atoms with Crippen LogP contribution in [0.5, 0.6) is 0 Å². The van der Waals surface area contributed by atoms with Crippen molar-refractivity contribution >= 4 is 33.1 Å². The molecule has 0 radical (unpaired) electrons. The summed E-state index contributed by atoms with van der Waals surface area (Å²) in [5.74, 6) is 0.762. The number of nitrogens with zero attached hydrogens (tertiary/aromatic N) is 2. The normalized spacial score (nSPS) is 14.7. The Kier molecular flexibility index (Phi) is 3.61. The van der Waals surface area contributed by atoms with E-state index in [4.69, 9.17) is 5.73 Å². The lowest BCUT2D eigenvalue weighted by Crippen LogP contribution is -2.33. The van der Waals surface area contributed by atoms with E-state index >= 15 is 0 Å². The van der Waals surface area contributed by atoms with Gasteiger partial charge in [0.2, 0.25) is 0 Å².